The lowest BCUT2D eigenvalue weighted by Crippen LogP contribution is -2.58. The summed E-state index contributed by atoms with van der Waals surface area (Å²) in [6, 6.07) is 5.69. The zero-order valence-corrected chi connectivity index (χ0v) is 11.5. The van der Waals surface area contributed by atoms with E-state index >= 15 is 0 Å². The average molecular weight is 272 g/mol. The molecule has 1 saturated heterocycles. The number of rotatable bonds is 2. The largest absolute Gasteiger partial charge is 0.371 e. The molecule has 20 heavy (non-hydrogen) atoms. The lowest BCUT2D eigenvalue weighted by Gasteiger charge is -2.47. The fourth-order valence-corrected chi connectivity index (χ4v) is 3.88. The molecule has 1 saturated carbocycles. The molecular formula is C14H16N4O2. The van der Waals surface area contributed by atoms with Gasteiger partial charge in [0, 0.05) is 12.3 Å². The maximum absolute atomic E-state index is 12.2. The molecule has 2 aliphatic rings. The molecule has 0 aromatic heterocycles. The van der Waals surface area contributed by atoms with E-state index in [0.29, 0.717) is 6.42 Å². The van der Waals surface area contributed by atoms with Gasteiger partial charge >= 0.3 is 0 Å². The summed E-state index contributed by atoms with van der Waals surface area (Å²) in [5.74, 6) is -1.70. The molecule has 4 atom stereocenters. The number of carbonyl (C=O) groups excluding carboxylic acids is 1. The maximum Gasteiger partial charge on any atom is 0.245 e. The Kier molecular flexibility index (Phi) is 3.00. The molecule has 1 heterocycles. The molecule has 0 spiro atoms. The van der Waals surface area contributed by atoms with E-state index in [4.69, 9.17) is 0 Å². The van der Waals surface area contributed by atoms with E-state index in [-0.39, 0.29) is 6.42 Å². The Bertz CT molecular complexity index is 567. The first-order valence-electron chi connectivity index (χ1n) is 6.66. The first-order valence-corrected chi connectivity index (χ1v) is 6.66. The van der Waals surface area contributed by atoms with Crippen LogP contribution in [-0.2, 0) is 4.79 Å². The van der Waals surface area contributed by atoms with Gasteiger partial charge in [0.15, 0.2) is 10.8 Å². The highest BCUT2D eigenvalue weighted by molar-refractivity contribution is 5.91. The number of aliphatic hydroxyl groups is 1. The molecule has 2 N–H and O–H groups in total. The number of hydrogen-bond acceptors (Lipinski definition) is 5. The van der Waals surface area contributed by atoms with Crippen LogP contribution >= 0.6 is 0 Å². The Morgan fingerprint density at radius 1 is 1.35 bits per heavy atom. The van der Waals surface area contributed by atoms with Crippen LogP contribution in [0.25, 0.3) is 0 Å². The van der Waals surface area contributed by atoms with E-state index in [1.807, 2.05) is 25.1 Å². The number of hydrogen-bond donors (Lipinski definition) is 2. The van der Waals surface area contributed by atoms with Gasteiger partial charge in [0.25, 0.3) is 0 Å². The normalized spacial score (nSPS) is 41.1. The van der Waals surface area contributed by atoms with Gasteiger partial charge in [-0.2, -0.15) is 15.8 Å². The van der Waals surface area contributed by atoms with Crippen molar-refractivity contribution in [1.82, 2.24) is 5.32 Å². The molecule has 2 bridgehead atoms. The van der Waals surface area contributed by atoms with Gasteiger partial charge in [-0.1, -0.05) is 20.3 Å². The second kappa shape index (κ2) is 4.20. The standard InChI is InChI=1S/C14H16N4O2/c1-3-4-10-9(2)13(7-16,8-17)12(6-15)5-14(10,20)18-11(12)19/h9-10,20H,3-5H2,1-2H3,(H,18,19)/t9-,10-,12-,14-/m0/s1. The van der Waals surface area contributed by atoms with Gasteiger partial charge in [0.1, 0.15) is 5.72 Å². The number of carbonyl (C=O) groups is 1. The summed E-state index contributed by atoms with van der Waals surface area (Å²) >= 11 is 0. The predicted molar refractivity (Wildman–Crippen MR) is 67.0 cm³/mol. The third kappa shape index (κ3) is 1.31. The van der Waals surface area contributed by atoms with E-state index in [0.717, 1.165) is 6.42 Å². The van der Waals surface area contributed by atoms with Crippen LogP contribution < -0.4 is 5.32 Å². The zero-order chi connectivity index (χ0) is 15.2. The van der Waals surface area contributed by atoms with Crippen molar-refractivity contribution in [3.8, 4) is 18.2 Å². The smallest absolute Gasteiger partial charge is 0.245 e. The lowest BCUT2D eigenvalue weighted by atomic mass is 9.50. The molecule has 2 fully saturated rings. The van der Waals surface area contributed by atoms with Crippen LogP contribution in [0.15, 0.2) is 0 Å². The SMILES string of the molecule is CCC[C@H]1[C@H](C)C(C#N)(C#N)[C@]2(C#N)C[C@@]1(O)NC2=O. The van der Waals surface area contributed by atoms with Gasteiger partial charge in [-0.05, 0) is 12.3 Å². The molecule has 1 amide bonds. The Morgan fingerprint density at radius 3 is 2.40 bits per heavy atom. The summed E-state index contributed by atoms with van der Waals surface area (Å²) in [6.45, 7) is 3.60. The molecule has 1 aliphatic heterocycles. The van der Waals surface area contributed by atoms with Gasteiger partial charge in [0.2, 0.25) is 5.91 Å². The van der Waals surface area contributed by atoms with Crippen molar-refractivity contribution in [3.05, 3.63) is 0 Å². The first-order chi connectivity index (χ1) is 9.37. The van der Waals surface area contributed by atoms with Gasteiger partial charge in [0.05, 0.1) is 18.2 Å². The van der Waals surface area contributed by atoms with Crippen LogP contribution in [0.3, 0.4) is 0 Å². The van der Waals surface area contributed by atoms with Crippen molar-refractivity contribution >= 4 is 5.91 Å². The minimum absolute atomic E-state index is 0.203. The van der Waals surface area contributed by atoms with E-state index in [1.54, 1.807) is 6.92 Å². The van der Waals surface area contributed by atoms with Crippen molar-refractivity contribution in [2.24, 2.45) is 22.7 Å². The van der Waals surface area contributed by atoms with Gasteiger partial charge in [-0.25, -0.2) is 0 Å². The van der Waals surface area contributed by atoms with Crippen LogP contribution in [0, 0.1) is 56.7 Å². The molecule has 0 unspecified atom stereocenters. The summed E-state index contributed by atoms with van der Waals surface area (Å²) in [6.07, 6.45) is 1.12. The highest BCUT2D eigenvalue weighted by Gasteiger charge is 2.75. The molecule has 2 rings (SSSR count). The second-order valence-corrected chi connectivity index (χ2v) is 5.79. The molecule has 0 radical (unpaired) electrons. The average Bonchev–Trinajstić information content (AvgIpc) is 2.68. The third-order valence-corrected chi connectivity index (χ3v) is 4.97. The minimum Gasteiger partial charge on any atom is -0.371 e. The second-order valence-electron chi connectivity index (χ2n) is 5.79. The summed E-state index contributed by atoms with van der Waals surface area (Å²) in [7, 11) is 0. The van der Waals surface area contributed by atoms with Crippen LogP contribution in [0.4, 0.5) is 0 Å². The minimum atomic E-state index is -1.80. The summed E-state index contributed by atoms with van der Waals surface area (Å²) in [4.78, 5) is 12.2. The molecule has 104 valence electrons. The van der Waals surface area contributed by atoms with Crippen LogP contribution in [0.1, 0.15) is 33.1 Å². The fourth-order valence-electron chi connectivity index (χ4n) is 3.88. The van der Waals surface area contributed by atoms with Gasteiger partial charge in [-0.3, -0.25) is 4.79 Å². The molecule has 1 aliphatic carbocycles. The van der Waals surface area contributed by atoms with Crippen molar-refractivity contribution in [1.29, 1.82) is 15.8 Å². The number of nitrogens with one attached hydrogen (secondary N) is 1. The lowest BCUT2D eigenvalue weighted by molar-refractivity contribution is -0.129. The molecular weight excluding hydrogens is 256 g/mol. The van der Waals surface area contributed by atoms with E-state index in [9.17, 15) is 25.7 Å². The van der Waals surface area contributed by atoms with Crippen LogP contribution in [0.5, 0.6) is 0 Å². The summed E-state index contributed by atoms with van der Waals surface area (Å²) in [5, 5.41) is 41.7. The van der Waals surface area contributed by atoms with E-state index < -0.39 is 34.3 Å². The van der Waals surface area contributed by atoms with Crippen molar-refractivity contribution < 1.29 is 9.90 Å². The van der Waals surface area contributed by atoms with Crippen molar-refractivity contribution in [2.45, 2.75) is 38.8 Å². The zero-order valence-electron chi connectivity index (χ0n) is 11.5. The molecule has 0 aromatic rings. The summed E-state index contributed by atoms with van der Waals surface area (Å²) in [5.41, 5.74) is -5.03. The predicted octanol–water partition coefficient (Wildman–Crippen LogP) is 0.804. The molecule has 6 heteroatoms. The number of nitriles is 3. The summed E-state index contributed by atoms with van der Waals surface area (Å²) < 4.78 is 0. The third-order valence-electron chi connectivity index (χ3n) is 4.97. The Labute approximate surface area is 117 Å². The Balaban J connectivity index is 2.70. The Hall–Kier alpha value is -2.10. The quantitative estimate of drug-likeness (QED) is 0.770. The maximum atomic E-state index is 12.2. The van der Waals surface area contributed by atoms with Crippen molar-refractivity contribution in [2.75, 3.05) is 0 Å². The first kappa shape index (κ1) is 14.3. The monoisotopic (exact) mass is 272 g/mol. The Morgan fingerprint density at radius 2 is 1.95 bits per heavy atom. The highest BCUT2D eigenvalue weighted by atomic mass is 16.3. The highest BCUT2D eigenvalue weighted by Crippen LogP contribution is 2.61. The van der Waals surface area contributed by atoms with Crippen LogP contribution in [-0.4, -0.2) is 16.7 Å². The topological polar surface area (TPSA) is 121 Å². The van der Waals surface area contributed by atoms with Gasteiger partial charge in [-0.15, -0.1) is 0 Å². The van der Waals surface area contributed by atoms with E-state index in [2.05, 4.69) is 5.32 Å². The number of fused-ring (bicyclic) bond motifs is 2. The van der Waals surface area contributed by atoms with Gasteiger partial charge < -0.3 is 10.4 Å². The number of amides is 1. The number of nitrogens with zero attached hydrogens (tertiary/aromatic N) is 3. The molecule has 6 nitrogen and oxygen atoms in total. The molecule has 0 aromatic carbocycles. The fraction of sp³-hybridized carbons (Fsp3) is 0.714. The van der Waals surface area contributed by atoms with Crippen molar-refractivity contribution in [3.63, 3.8) is 0 Å². The van der Waals surface area contributed by atoms with E-state index in [1.165, 1.54) is 0 Å². The van der Waals surface area contributed by atoms with Crippen LogP contribution in [0.2, 0.25) is 0 Å².